The summed E-state index contributed by atoms with van der Waals surface area (Å²) in [6.07, 6.45) is 9.48. The van der Waals surface area contributed by atoms with Crippen molar-refractivity contribution in [2.24, 2.45) is 5.41 Å². The zero-order valence-corrected chi connectivity index (χ0v) is 14.6. The van der Waals surface area contributed by atoms with Crippen LogP contribution in [-0.4, -0.2) is 38.3 Å². The average Bonchev–Trinajstić information content (AvgIpc) is 3.09. The van der Waals surface area contributed by atoms with Gasteiger partial charge in [0.1, 0.15) is 0 Å². The monoisotopic (exact) mass is 334 g/mol. The standard InChI is InChI=1S/C20H22N4O/c1-20(2)7-10-23(11-8-20)19(25)16-5-3-15(4-6-16)17-14-24-12-9-21-18(24)13-22-17/h3-6,9,12-14H,7-8,10-11H2,1-2H3. The smallest absolute Gasteiger partial charge is 0.253 e. The van der Waals surface area contributed by atoms with E-state index >= 15 is 0 Å². The first-order valence-electron chi connectivity index (χ1n) is 8.70. The fraction of sp³-hybridized carbons (Fsp3) is 0.350. The molecule has 0 aliphatic carbocycles. The number of carbonyl (C=O) groups excluding carboxylic acids is 1. The van der Waals surface area contributed by atoms with Crippen molar-refractivity contribution in [1.29, 1.82) is 0 Å². The predicted octanol–water partition coefficient (Wildman–Crippen LogP) is 3.66. The van der Waals surface area contributed by atoms with Gasteiger partial charge in [0.25, 0.3) is 5.91 Å². The number of likely N-dealkylation sites (tertiary alicyclic amines) is 1. The lowest BCUT2D eigenvalue weighted by Crippen LogP contribution is -2.41. The second-order valence-electron chi connectivity index (χ2n) is 7.50. The molecule has 1 aromatic carbocycles. The number of piperidine rings is 1. The molecule has 3 heterocycles. The molecule has 0 spiro atoms. The molecule has 0 saturated carbocycles. The normalized spacial score (nSPS) is 17.0. The Morgan fingerprint density at radius 3 is 2.52 bits per heavy atom. The summed E-state index contributed by atoms with van der Waals surface area (Å²) in [5, 5.41) is 0. The Labute approximate surface area is 147 Å². The van der Waals surface area contributed by atoms with Crippen LogP contribution in [0.3, 0.4) is 0 Å². The molecule has 3 aromatic rings. The fourth-order valence-electron chi connectivity index (χ4n) is 3.26. The van der Waals surface area contributed by atoms with Gasteiger partial charge in [0.15, 0.2) is 5.65 Å². The SMILES string of the molecule is CC1(C)CCN(C(=O)c2ccc(-c3cn4ccnc4cn3)cc2)CC1. The van der Waals surface area contributed by atoms with Crippen molar-refractivity contribution in [3.63, 3.8) is 0 Å². The average molecular weight is 334 g/mol. The molecule has 1 aliphatic heterocycles. The third-order valence-electron chi connectivity index (χ3n) is 5.11. The van der Waals surface area contributed by atoms with Crippen molar-refractivity contribution >= 4 is 11.6 Å². The maximum atomic E-state index is 12.7. The molecule has 0 unspecified atom stereocenters. The number of hydrogen-bond acceptors (Lipinski definition) is 3. The number of carbonyl (C=O) groups is 1. The topological polar surface area (TPSA) is 50.5 Å². The molecule has 4 rings (SSSR count). The highest BCUT2D eigenvalue weighted by Gasteiger charge is 2.28. The van der Waals surface area contributed by atoms with Gasteiger partial charge in [-0.05, 0) is 30.4 Å². The summed E-state index contributed by atoms with van der Waals surface area (Å²) in [7, 11) is 0. The van der Waals surface area contributed by atoms with Gasteiger partial charge < -0.3 is 9.30 Å². The van der Waals surface area contributed by atoms with Crippen LogP contribution < -0.4 is 0 Å². The van der Waals surface area contributed by atoms with Crippen LogP contribution in [0.15, 0.2) is 49.1 Å². The summed E-state index contributed by atoms with van der Waals surface area (Å²) < 4.78 is 1.94. The van der Waals surface area contributed by atoms with Crippen molar-refractivity contribution in [3.05, 3.63) is 54.6 Å². The first-order chi connectivity index (χ1) is 12.0. The maximum Gasteiger partial charge on any atom is 0.253 e. The predicted molar refractivity (Wildman–Crippen MR) is 97.3 cm³/mol. The Morgan fingerprint density at radius 2 is 1.80 bits per heavy atom. The second kappa shape index (κ2) is 5.99. The highest BCUT2D eigenvalue weighted by Crippen LogP contribution is 2.30. The molecule has 128 valence electrons. The van der Waals surface area contributed by atoms with E-state index in [1.807, 2.05) is 46.0 Å². The van der Waals surface area contributed by atoms with E-state index in [1.54, 1.807) is 12.4 Å². The summed E-state index contributed by atoms with van der Waals surface area (Å²) in [4.78, 5) is 23.3. The number of imidazole rings is 1. The lowest BCUT2D eigenvalue weighted by Gasteiger charge is -2.37. The molecule has 0 radical (unpaired) electrons. The molecule has 5 heteroatoms. The number of rotatable bonds is 2. The molecule has 1 aliphatic rings. The zero-order chi connectivity index (χ0) is 17.4. The minimum absolute atomic E-state index is 0.125. The first kappa shape index (κ1) is 15.8. The van der Waals surface area contributed by atoms with Crippen LogP contribution in [0.2, 0.25) is 0 Å². The van der Waals surface area contributed by atoms with Crippen LogP contribution in [-0.2, 0) is 0 Å². The Morgan fingerprint density at radius 1 is 1.08 bits per heavy atom. The first-order valence-corrected chi connectivity index (χ1v) is 8.70. The largest absolute Gasteiger partial charge is 0.339 e. The summed E-state index contributed by atoms with van der Waals surface area (Å²) in [6.45, 7) is 6.22. The Balaban J connectivity index is 1.52. The van der Waals surface area contributed by atoms with Gasteiger partial charge in [-0.25, -0.2) is 4.98 Å². The molecular weight excluding hydrogens is 312 g/mol. The van der Waals surface area contributed by atoms with Gasteiger partial charge in [0.05, 0.1) is 11.9 Å². The molecule has 1 fully saturated rings. The van der Waals surface area contributed by atoms with Gasteiger partial charge in [0.2, 0.25) is 0 Å². The quantitative estimate of drug-likeness (QED) is 0.719. The molecule has 0 N–H and O–H groups in total. The summed E-state index contributed by atoms with van der Waals surface area (Å²) in [6, 6.07) is 7.73. The van der Waals surface area contributed by atoms with Gasteiger partial charge >= 0.3 is 0 Å². The molecule has 5 nitrogen and oxygen atoms in total. The van der Waals surface area contributed by atoms with Crippen molar-refractivity contribution in [2.45, 2.75) is 26.7 Å². The second-order valence-corrected chi connectivity index (χ2v) is 7.50. The third-order valence-corrected chi connectivity index (χ3v) is 5.11. The molecule has 1 saturated heterocycles. The summed E-state index contributed by atoms with van der Waals surface area (Å²) in [5.74, 6) is 0.125. The lowest BCUT2D eigenvalue weighted by atomic mass is 9.82. The fourth-order valence-corrected chi connectivity index (χ4v) is 3.26. The molecule has 1 amide bonds. The van der Waals surface area contributed by atoms with Gasteiger partial charge in [-0.1, -0.05) is 26.0 Å². The number of amides is 1. The van der Waals surface area contributed by atoms with E-state index < -0.39 is 0 Å². The van der Waals surface area contributed by atoms with E-state index in [0.29, 0.717) is 5.41 Å². The van der Waals surface area contributed by atoms with E-state index in [9.17, 15) is 4.79 Å². The van der Waals surface area contributed by atoms with E-state index in [-0.39, 0.29) is 5.91 Å². The Hall–Kier alpha value is -2.69. The van der Waals surface area contributed by atoms with Gasteiger partial charge in [0, 0.05) is 42.8 Å². The van der Waals surface area contributed by atoms with Crippen LogP contribution in [0.4, 0.5) is 0 Å². The number of fused-ring (bicyclic) bond motifs is 1. The number of hydrogen-bond donors (Lipinski definition) is 0. The Bertz CT molecular complexity index is 901. The lowest BCUT2D eigenvalue weighted by molar-refractivity contribution is 0.0630. The van der Waals surface area contributed by atoms with E-state index in [0.717, 1.165) is 48.4 Å². The summed E-state index contributed by atoms with van der Waals surface area (Å²) >= 11 is 0. The van der Waals surface area contributed by atoms with Crippen molar-refractivity contribution in [1.82, 2.24) is 19.3 Å². The van der Waals surface area contributed by atoms with Crippen molar-refractivity contribution in [2.75, 3.05) is 13.1 Å². The molecule has 2 aromatic heterocycles. The van der Waals surface area contributed by atoms with Crippen LogP contribution >= 0.6 is 0 Å². The summed E-state index contributed by atoms with van der Waals surface area (Å²) in [5.41, 5.74) is 3.77. The van der Waals surface area contributed by atoms with E-state index in [2.05, 4.69) is 23.8 Å². The van der Waals surface area contributed by atoms with Gasteiger partial charge in [-0.2, -0.15) is 0 Å². The molecule has 0 atom stereocenters. The van der Waals surface area contributed by atoms with Gasteiger partial charge in [-0.15, -0.1) is 0 Å². The highest BCUT2D eigenvalue weighted by molar-refractivity contribution is 5.94. The molecular formula is C20H22N4O. The van der Waals surface area contributed by atoms with Gasteiger partial charge in [-0.3, -0.25) is 9.78 Å². The zero-order valence-electron chi connectivity index (χ0n) is 14.6. The number of benzene rings is 1. The van der Waals surface area contributed by atoms with Crippen molar-refractivity contribution in [3.8, 4) is 11.3 Å². The molecule has 0 bridgehead atoms. The minimum atomic E-state index is 0.125. The van der Waals surface area contributed by atoms with E-state index in [4.69, 9.17) is 0 Å². The maximum absolute atomic E-state index is 12.7. The van der Waals surface area contributed by atoms with Crippen LogP contribution in [0, 0.1) is 5.41 Å². The third kappa shape index (κ3) is 3.14. The minimum Gasteiger partial charge on any atom is -0.339 e. The van der Waals surface area contributed by atoms with E-state index in [1.165, 1.54) is 0 Å². The number of nitrogens with zero attached hydrogens (tertiary/aromatic N) is 4. The Kier molecular flexibility index (Phi) is 3.79. The van der Waals surface area contributed by atoms with Crippen LogP contribution in [0.25, 0.3) is 16.9 Å². The van der Waals surface area contributed by atoms with Crippen LogP contribution in [0.5, 0.6) is 0 Å². The van der Waals surface area contributed by atoms with Crippen molar-refractivity contribution < 1.29 is 4.79 Å². The molecule has 25 heavy (non-hydrogen) atoms. The van der Waals surface area contributed by atoms with Crippen LogP contribution in [0.1, 0.15) is 37.0 Å². The highest BCUT2D eigenvalue weighted by atomic mass is 16.2. The number of aromatic nitrogens is 3.